The zero-order valence-corrected chi connectivity index (χ0v) is 16.5. The minimum Gasteiger partial charge on any atom is -0.504 e. The number of aliphatic hydroxyl groups is 1. The van der Waals surface area contributed by atoms with E-state index >= 15 is 0 Å². The molecular weight excluding hydrogens is 376 g/mol. The highest BCUT2D eigenvalue weighted by Gasteiger charge is 2.64. The number of hydrogen-bond donors (Lipinski definition) is 4. The van der Waals surface area contributed by atoms with Crippen LogP contribution in [0.1, 0.15) is 24.5 Å². The molecule has 8 nitrogen and oxygen atoms in total. The average Bonchev–Trinajstić information content (AvgIpc) is 3.03. The Morgan fingerprint density at radius 2 is 2.10 bits per heavy atom. The maximum atomic E-state index is 10.4. The number of aliphatic hydroxyl groups excluding tert-OH is 1. The van der Waals surface area contributed by atoms with E-state index in [1.54, 1.807) is 6.07 Å². The maximum Gasteiger partial charge on any atom is 0.322 e. The molecule has 156 valence electrons. The van der Waals surface area contributed by atoms with Crippen LogP contribution in [-0.4, -0.2) is 70.5 Å². The summed E-state index contributed by atoms with van der Waals surface area (Å²) in [6.45, 7) is 1.98. The van der Waals surface area contributed by atoms with E-state index in [1.165, 1.54) is 18.1 Å². The van der Waals surface area contributed by atoms with Crippen molar-refractivity contribution in [3.05, 3.63) is 35.4 Å². The maximum absolute atomic E-state index is 10.4. The van der Waals surface area contributed by atoms with Crippen molar-refractivity contribution in [2.45, 2.75) is 43.4 Å². The number of phenols is 1. The van der Waals surface area contributed by atoms with Crippen molar-refractivity contribution >= 4 is 11.9 Å². The molecule has 5 atom stereocenters. The number of piperidine rings is 1. The van der Waals surface area contributed by atoms with Gasteiger partial charge in [0.1, 0.15) is 18.8 Å². The number of hydrogen-bond acceptors (Lipinski definition) is 6. The molecule has 8 heteroatoms. The van der Waals surface area contributed by atoms with Crippen molar-refractivity contribution in [2.75, 3.05) is 20.1 Å². The number of nitrogens with one attached hydrogen (secondary N) is 1. The van der Waals surface area contributed by atoms with Crippen molar-refractivity contribution < 1.29 is 29.6 Å². The molecule has 4 N–H and O–H groups in total. The average molecular weight is 402 g/mol. The Labute approximate surface area is 168 Å². The van der Waals surface area contributed by atoms with E-state index in [0.29, 0.717) is 17.7 Å². The Morgan fingerprint density at radius 3 is 2.76 bits per heavy atom. The Kier molecular flexibility index (Phi) is 4.78. The van der Waals surface area contributed by atoms with E-state index in [4.69, 9.17) is 9.84 Å². The van der Waals surface area contributed by atoms with Gasteiger partial charge in [-0.2, -0.15) is 0 Å². The fraction of sp³-hybridized carbons (Fsp3) is 0.524. The van der Waals surface area contributed by atoms with Crippen molar-refractivity contribution in [2.24, 2.45) is 5.92 Å². The number of rotatable bonds is 2. The van der Waals surface area contributed by atoms with Gasteiger partial charge in [-0.1, -0.05) is 18.2 Å². The van der Waals surface area contributed by atoms with E-state index in [1.807, 2.05) is 12.1 Å². The van der Waals surface area contributed by atoms with Crippen LogP contribution in [0.5, 0.6) is 11.5 Å². The quantitative estimate of drug-likeness (QED) is 0.529. The normalized spacial score (nSPS) is 33.1. The number of carbonyl (C=O) groups excluding carboxylic acids is 1. The number of aromatic hydroxyl groups is 1. The van der Waals surface area contributed by atoms with Gasteiger partial charge in [-0.05, 0) is 38.1 Å². The number of benzene rings is 1. The Hall–Kier alpha value is -2.58. The van der Waals surface area contributed by atoms with Gasteiger partial charge in [0.15, 0.2) is 11.5 Å². The van der Waals surface area contributed by atoms with Crippen LogP contribution >= 0.6 is 0 Å². The predicted molar refractivity (Wildman–Crippen MR) is 104 cm³/mol. The van der Waals surface area contributed by atoms with Crippen LogP contribution in [0.4, 0.5) is 0 Å². The molecule has 1 aromatic rings. The summed E-state index contributed by atoms with van der Waals surface area (Å²) in [4.78, 5) is 22.1. The van der Waals surface area contributed by atoms with Gasteiger partial charge in [-0.15, -0.1) is 0 Å². The molecular formula is C21H26N2O6. The Morgan fingerprint density at radius 1 is 1.34 bits per heavy atom. The van der Waals surface area contributed by atoms with Gasteiger partial charge in [0.2, 0.25) is 5.91 Å². The first-order valence-electron chi connectivity index (χ1n) is 9.80. The SMILES string of the molecule is CC(=O)NCC(=O)O.CN1CC[C@]23c4c5ccc(O)c4O[C@H]2[C@@H](O)C=C[C@H]3[C@H]1C5. The molecule has 1 fully saturated rings. The lowest BCUT2D eigenvalue weighted by Gasteiger charge is -2.56. The summed E-state index contributed by atoms with van der Waals surface area (Å²) in [5.74, 6) is -0.165. The zero-order valence-electron chi connectivity index (χ0n) is 16.5. The largest absolute Gasteiger partial charge is 0.504 e. The number of carbonyl (C=O) groups is 2. The highest BCUT2D eigenvalue weighted by atomic mass is 16.5. The number of amides is 1. The first kappa shape index (κ1) is 19.7. The molecule has 2 heterocycles. The summed E-state index contributed by atoms with van der Waals surface area (Å²) in [5, 5.41) is 30.7. The van der Waals surface area contributed by atoms with Crippen LogP contribution in [0.25, 0.3) is 0 Å². The second-order valence-electron chi connectivity index (χ2n) is 8.23. The third-order valence-electron chi connectivity index (χ3n) is 6.64. The first-order valence-corrected chi connectivity index (χ1v) is 9.80. The van der Waals surface area contributed by atoms with Crippen LogP contribution in [-0.2, 0) is 21.4 Å². The smallest absolute Gasteiger partial charge is 0.322 e. The molecule has 0 aromatic heterocycles. The Bertz CT molecular complexity index is 870. The molecule has 5 rings (SSSR count). The van der Waals surface area contributed by atoms with Gasteiger partial charge in [-0.25, -0.2) is 0 Å². The third-order valence-corrected chi connectivity index (χ3v) is 6.64. The molecule has 0 unspecified atom stereocenters. The summed E-state index contributed by atoms with van der Waals surface area (Å²) in [6, 6.07) is 4.23. The summed E-state index contributed by atoms with van der Waals surface area (Å²) in [6.07, 6.45) is 5.18. The molecule has 0 saturated carbocycles. The number of carboxylic acid groups (broad SMARTS) is 1. The van der Waals surface area contributed by atoms with Gasteiger partial charge in [-0.3, -0.25) is 9.59 Å². The van der Waals surface area contributed by atoms with Crippen molar-refractivity contribution in [3.8, 4) is 11.5 Å². The molecule has 1 aromatic carbocycles. The van der Waals surface area contributed by atoms with E-state index in [9.17, 15) is 19.8 Å². The minimum absolute atomic E-state index is 0.160. The fourth-order valence-corrected chi connectivity index (χ4v) is 5.44. The number of carboxylic acids is 1. The second kappa shape index (κ2) is 7.03. The summed E-state index contributed by atoms with van der Waals surface area (Å²) < 4.78 is 6.09. The number of likely N-dealkylation sites (N-methyl/N-ethyl adjacent to an activating group) is 1. The van der Waals surface area contributed by atoms with Gasteiger partial charge in [0, 0.05) is 29.9 Å². The fourth-order valence-electron chi connectivity index (χ4n) is 5.44. The molecule has 2 aliphatic heterocycles. The van der Waals surface area contributed by atoms with Crippen molar-refractivity contribution in [1.82, 2.24) is 10.2 Å². The number of aliphatic carboxylic acids is 1. The van der Waals surface area contributed by atoms with Gasteiger partial charge < -0.3 is 30.3 Å². The molecule has 1 spiro atoms. The lowest BCUT2D eigenvalue weighted by atomic mass is 9.53. The standard InChI is InChI=1S/C17H19NO3.C4H7NO3/c1-18-7-6-17-10-3-5-13(20)16(17)21-15-12(19)4-2-9(14(15)17)8-11(10)18;1-3(6)5-2-4(7)8/h2-5,10-11,13,16,19-20H,6-8H2,1H3;2H2,1H3,(H,5,6)(H,7,8)/t10-,11+,13-,16-,17-;/m0./s1. The molecule has 1 saturated heterocycles. The summed E-state index contributed by atoms with van der Waals surface area (Å²) >= 11 is 0. The first-order chi connectivity index (χ1) is 13.8. The highest BCUT2D eigenvalue weighted by Crippen LogP contribution is 2.62. The van der Waals surface area contributed by atoms with E-state index in [-0.39, 0.29) is 29.7 Å². The highest BCUT2D eigenvalue weighted by molar-refractivity contribution is 5.79. The zero-order chi connectivity index (χ0) is 20.9. The van der Waals surface area contributed by atoms with E-state index in [2.05, 4.69) is 23.3 Å². The number of likely N-dealkylation sites (tertiary alicyclic amines) is 1. The van der Waals surface area contributed by atoms with Crippen LogP contribution in [0.3, 0.4) is 0 Å². The van der Waals surface area contributed by atoms with Crippen LogP contribution in [0.2, 0.25) is 0 Å². The summed E-state index contributed by atoms with van der Waals surface area (Å²) in [7, 11) is 2.19. The number of nitrogens with zero attached hydrogens (tertiary/aromatic N) is 1. The van der Waals surface area contributed by atoms with Gasteiger partial charge >= 0.3 is 5.97 Å². The van der Waals surface area contributed by atoms with Crippen LogP contribution in [0, 0.1) is 5.92 Å². The van der Waals surface area contributed by atoms with Gasteiger partial charge in [0.25, 0.3) is 0 Å². The van der Waals surface area contributed by atoms with E-state index < -0.39 is 12.1 Å². The molecule has 2 bridgehead atoms. The molecule has 29 heavy (non-hydrogen) atoms. The second-order valence-corrected chi connectivity index (χ2v) is 8.23. The summed E-state index contributed by atoms with van der Waals surface area (Å²) in [5.41, 5.74) is 2.29. The Balaban J connectivity index is 0.000000221. The molecule has 1 amide bonds. The number of phenolic OH excluding ortho intramolecular Hbond substituents is 1. The third kappa shape index (κ3) is 2.98. The molecule has 4 aliphatic rings. The van der Waals surface area contributed by atoms with Crippen molar-refractivity contribution in [1.29, 1.82) is 0 Å². The molecule has 2 aliphatic carbocycles. The molecule has 0 radical (unpaired) electrons. The van der Waals surface area contributed by atoms with Crippen LogP contribution < -0.4 is 10.1 Å². The van der Waals surface area contributed by atoms with Gasteiger partial charge in [0.05, 0.1) is 0 Å². The topological polar surface area (TPSA) is 119 Å². The minimum atomic E-state index is -1.03. The van der Waals surface area contributed by atoms with E-state index in [0.717, 1.165) is 19.4 Å². The lowest BCUT2D eigenvalue weighted by Crippen LogP contribution is -2.64. The van der Waals surface area contributed by atoms with Crippen LogP contribution in [0.15, 0.2) is 24.3 Å². The predicted octanol–water partition coefficient (Wildman–Crippen LogP) is 0.405. The number of ether oxygens (including phenoxy) is 1. The monoisotopic (exact) mass is 402 g/mol. The lowest BCUT2D eigenvalue weighted by molar-refractivity contribution is -0.137. The van der Waals surface area contributed by atoms with Crippen molar-refractivity contribution in [3.63, 3.8) is 0 Å².